The van der Waals surface area contributed by atoms with Gasteiger partial charge in [-0.15, -0.1) is 0 Å². The molecule has 3 heterocycles. The Morgan fingerprint density at radius 2 is 2.27 bits per heavy atom. The molecular weight excluding hydrogens is 296 g/mol. The second-order valence-electron chi connectivity index (χ2n) is 5.30. The van der Waals surface area contributed by atoms with Gasteiger partial charge in [0, 0.05) is 25.3 Å². The summed E-state index contributed by atoms with van der Waals surface area (Å²) in [4.78, 5) is 25.2. The van der Waals surface area contributed by atoms with Crippen LogP contribution in [0.15, 0.2) is 21.9 Å². The normalized spacial score (nSPS) is 35.1. The zero-order valence-electron chi connectivity index (χ0n) is 11.8. The molecule has 2 saturated heterocycles. The quantitative estimate of drug-likeness (QED) is 0.606. The molecule has 9 nitrogen and oxygen atoms in total. The van der Waals surface area contributed by atoms with Crippen LogP contribution in [0.25, 0.3) is 0 Å². The van der Waals surface area contributed by atoms with E-state index in [-0.39, 0.29) is 0 Å². The molecule has 2 fully saturated rings. The van der Waals surface area contributed by atoms with Gasteiger partial charge in [0.15, 0.2) is 12.5 Å². The van der Waals surface area contributed by atoms with E-state index in [1.54, 1.807) is 0 Å². The Morgan fingerprint density at radius 3 is 2.91 bits per heavy atom. The van der Waals surface area contributed by atoms with Crippen LogP contribution in [0.4, 0.5) is 0 Å². The van der Waals surface area contributed by atoms with Gasteiger partial charge in [0.2, 0.25) is 0 Å². The predicted molar refractivity (Wildman–Crippen MR) is 72.2 cm³/mol. The van der Waals surface area contributed by atoms with E-state index in [4.69, 9.17) is 14.2 Å². The molecule has 5 atom stereocenters. The van der Waals surface area contributed by atoms with Crippen molar-refractivity contribution in [2.24, 2.45) is 0 Å². The molecule has 0 spiro atoms. The van der Waals surface area contributed by atoms with Crippen LogP contribution >= 0.6 is 0 Å². The number of aromatic amines is 1. The maximum absolute atomic E-state index is 11.9. The zero-order valence-corrected chi connectivity index (χ0v) is 11.8. The molecule has 3 rings (SSSR count). The molecule has 9 heteroatoms. The summed E-state index contributed by atoms with van der Waals surface area (Å²) in [7, 11) is 0. The summed E-state index contributed by atoms with van der Waals surface area (Å²) < 4.78 is 17.7. The van der Waals surface area contributed by atoms with E-state index in [1.165, 1.54) is 12.3 Å². The smallest absolute Gasteiger partial charge is 0.330 e. The SMILES string of the molecule is O=c1ccn([C@@H]2O[C@H](CO)C(O)[C@@H]2OC2CCCO2)c(=O)[nH]1. The third-order valence-corrected chi connectivity index (χ3v) is 3.81. The van der Waals surface area contributed by atoms with Crippen molar-refractivity contribution in [1.29, 1.82) is 0 Å². The second kappa shape index (κ2) is 6.31. The summed E-state index contributed by atoms with van der Waals surface area (Å²) in [6, 6.07) is 1.17. The summed E-state index contributed by atoms with van der Waals surface area (Å²) in [5, 5.41) is 19.5. The highest BCUT2D eigenvalue weighted by Crippen LogP contribution is 2.32. The molecule has 2 aliphatic heterocycles. The van der Waals surface area contributed by atoms with Crippen LogP contribution in [-0.4, -0.2) is 57.6 Å². The highest BCUT2D eigenvalue weighted by molar-refractivity contribution is 4.94. The predicted octanol–water partition coefficient (Wildman–Crippen LogP) is -1.69. The number of aliphatic hydroxyl groups is 2. The van der Waals surface area contributed by atoms with E-state index in [9.17, 15) is 19.8 Å². The number of ether oxygens (including phenoxy) is 3. The van der Waals surface area contributed by atoms with Gasteiger partial charge in [0.05, 0.1) is 6.61 Å². The number of rotatable bonds is 4. The molecule has 0 amide bonds. The fraction of sp³-hybridized carbons (Fsp3) is 0.692. The average Bonchev–Trinajstić information content (AvgIpc) is 3.10. The average molecular weight is 314 g/mol. The molecule has 2 aliphatic rings. The monoisotopic (exact) mass is 314 g/mol. The second-order valence-corrected chi connectivity index (χ2v) is 5.30. The lowest BCUT2D eigenvalue weighted by atomic mass is 10.1. The van der Waals surface area contributed by atoms with Crippen LogP contribution in [0.3, 0.4) is 0 Å². The Labute approximate surface area is 125 Å². The molecule has 0 aromatic carbocycles. The van der Waals surface area contributed by atoms with E-state index in [1.807, 2.05) is 0 Å². The minimum absolute atomic E-state index is 0.416. The number of nitrogens with zero attached hydrogens (tertiary/aromatic N) is 1. The van der Waals surface area contributed by atoms with Crippen molar-refractivity contribution in [2.75, 3.05) is 13.2 Å². The first kappa shape index (κ1) is 15.4. The van der Waals surface area contributed by atoms with Gasteiger partial charge in [0.1, 0.15) is 18.3 Å². The number of aliphatic hydroxyl groups excluding tert-OH is 2. The van der Waals surface area contributed by atoms with Crippen LogP contribution in [0.2, 0.25) is 0 Å². The van der Waals surface area contributed by atoms with E-state index in [0.29, 0.717) is 13.0 Å². The van der Waals surface area contributed by atoms with Crippen molar-refractivity contribution < 1.29 is 24.4 Å². The van der Waals surface area contributed by atoms with Crippen LogP contribution in [-0.2, 0) is 14.2 Å². The Bertz CT molecular complexity index is 621. The summed E-state index contributed by atoms with van der Waals surface area (Å²) in [6.45, 7) is 0.155. The topological polar surface area (TPSA) is 123 Å². The standard InChI is InChI=1S/C13H18N2O7/c16-6-7-10(18)11(22-9-2-1-5-20-9)12(21-7)15-4-3-8(17)14-13(15)19/h3-4,7,9-12,16,18H,1-2,5-6H2,(H,14,17,19)/t7-,9?,10?,11+,12-/m1/s1. The van der Waals surface area contributed by atoms with Crippen LogP contribution in [0.5, 0.6) is 0 Å². The molecule has 122 valence electrons. The molecule has 0 bridgehead atoms. The lowest BCUT2D eigenvalue weighted by Gasteiger charge is -2.24. The van der Waals surface area contributed by atoms with Gasteiger partial charge in [-0.25, -0.2) is 4.79 Å². The number of aromatic nitrogens is 2. The fourth-order valence-electron chi connectivity index (χ4n) is 2.70. The van der Waals surface area contributed by atoms with Gasteiger partial charge >= 0.3 is 5.69 Å². The van der Waals surface area contributed by atoms with Crippen LogP contribution < -0.4 is 11.2 Å². The molecule has 22 heavy (non-hydrogen) atoms. The molecule has 0 saturated carbocycles. The van der Waals surface area contributed by atoms with Crippen LogP contribution in [0.1, 0.15) is 19.1 Å². The Morgan fingerprint density at radius 1 is 1.45 bits per heavy atom. The van der Waals surface area contributed by atoms with Gasteiger partial charge in [-0.2, -0.15) is 0 Å². The van der Waals surface area contributed by atoms with Crippen molar-refractivity contribution >= 4 is 0 Å². The van der Waals surface area contributed by atoms with Gasteiger partial charge < -0.3 is 24.4 Å². The minimum Gasteiger partial charge on any atom is -0.394 e. The van der Waals surface area contributed by atoms with Crippen molar-refractivity contribution in [2.45, 2.75) is 43.7 Å². The van der Waals surface area contributed by atoms with Crippen molar-refractivity contribution in [3.8, 4) is 0 Å². The highest BCUT2D eigenvalue weighted by Gasteiger charge is 2.47. The third kappa shape index (κ3) is 2.85. The third-order valence-electron chi connectivity index (χ3n) is 3.81. The fourth-order valence-corrected chi connectivity index (χ4v) is 2.70. The Kier molecular flexibility index (Phi) is 4.41. The van der Waals surface area contributed by atoms with Gasteiger partial charge in [-0.1, -0.05) is 0 Å². The summed E-state index contributed by atoms with van der Waals surface area (Å²) in [5.41, 5.74) is -1.21. The maximum Gasteiger partial charge on any atom is 0.330 e. The minimum atomic E-state index is -1.11. The lowest BCUT2D eigenvalue weighted by Crippen LogP contribution is -2.41. The first-order chi connectivity index (χ1) is 10.6. The van der Waals surface area contributed by atoms with Gasteiger partial charge in [-0.05, 0) is 6.42 Å². The number of hydrogen-bond donors (Lipinski definition) is 3. The lowest BCUT2D eigenvalue weighted by molar-refractivity contribution is -0.182. The number of hydrogen-bond acceptors (Lipinski definition) is 7. The number of H-pyrrole nitrogens is 1. The van der Waals surface area contributed by atoms with Gasteiger partial charge in [-0.3, -0.25) is 14.3 Å². The molecule has 0 aliphatic carbocycles. The van der Waals surface area contributed by atoms with E-state index in [0.717, 1.165) is 11.0 Å². The molecule has 3 N–H and O–H groups in total. The molecule has 2 unspecified atom stereocenters. The van der Waals surface area contributed by atoms with E-state index < -0.39 is 48.7 Å². The molecule has 0 radical (unpaired) electrons. The maximum atomic E-state index is 11.9. The zero-order chi connectivity index (χ0) is 15.7. The summed E-state index contributed by atoms with van der Waals surface area (Å²) in [5.74, 6) is 0. The van der Waals surface area contributed by atoms with Crippen molar-refractivity contribution in [1.82, 2.24) is 9.55 Å². The van der Waals surface area contributed by atoms with Crippen molar-refractivity contribution in [3.05, 3.63) is 33.1 Å². The first-order valence-corrected chi connectivity index (χ1v) is 7.13. The first-order valence-electron chi connectivity index (χ1n) is 7.13. The Balaban J connectivity index is 1.88. The largest absolute Gasteiger partial charge is 0.394 e. The van der Waals surface area contributed by atoms with Crippen LogP contribution in [0, 0.1) is 0 Å². The summed E-state index contributed by atoms with van der Waals surface area (Å²) in [6.07, 6.45) is -1.52. The van der Waals surface area contributed by atoms with Gasteiger partial charge in [0.25, 0.3) is 5.56 Å². The summed E-state index contributed by atoms with van der Waals surface area (Å²) >= 11 is 0. The van der Waals surface area contributed by atoms with E-state index in [2.05, 4.69) is 4.98 Å². The highest BCUT2D eigenvalue weighted by atomic mass is 16.7. The molecular formula is C13H18N2O7. The number of nitrogens with one attached hydrogen (secondary N) is 1. The van der Waals surface area contributed by atoms with E-state index >= 15 is 0 Å². The molecule has 1 aromatic rings. The van der Waals surface area contributed by atoms with Crippen molar-refractivity contribution in [3.63, 3.8) is 0 Å². The molecule has 1 aromatic heterocycles. The Hall–Kier alpha value is -1.52.